The fourth-order valence-corrected chi connectivity index (χ4v) is 2.73. The minimum absolute atomic E-state index is 0.121. The van der Waals surface area contributed by atoms with E-state index in [9.17, 15) is 19.1 Å². The van der Waals surface area contributed by atoms with Gasteiger partial charge >= 0.3 is 0 Å². The Labute approximate surface area is 172 Å². The van der Waals surface area contributed by atoms with Gasteiger partial charge in [0.1, 0.15) is 18.6 Å². The number of carbonyl (C=O) groups is 2. The number of nitrogens with one attached hydrogen (secondary N) is 1. The summed E-state index contributed by atoms with van der Waals surface area (Å²) >= 11 is 10.9. The lowest BCUT2D eigenvalue weighted by Gasteiger charge is -2.22. The molecule has 0 spiro atoms. The first-order valence-corrected chi connectivity index (χ1v) is 9.56. The highest BCUT2D eigenvalue weighted by molar-refractivity contribution is 6.53. The molecule has 2 aromatic rings. The van der Waals surface area contributed by atoms with Gasteiger partial charge in [0.25, 0.3) is 5.91 Å². The van der Waals surface area contributed by atoms with Gasteiger partial charge in [-0.2, -0.15) is 0 Å². The third-order valence-electron chi connectivity index (χ3n) is 4.22. The Kier molecular flexibility index (Phi) is 8.35. The molecule has 0 radical (unpaired) electrons. The maximum absolute atomic E-state index is 13.2. The summed E-state index contributed by atoms with van der Waals surface area (Å²) in [6.45, 7) is 0.577. The second-order valence-electron chi connectivity index (χ2n) is 6.38. The molecule has 0 fully saturated rings. The highest BCUT2D eigenvalue weighted by atomic mass is 35.5. The summed E-state index contributed by atoms with van der Waals surface area (Å²) in [4.78, 5) is 25.6. The number of aliphatic hydroxyl groups excluding tert-OH is 1. The number of nitrogens with zero attached hydrogens (tertiary/aromatic N) is 1. The minimum Gasteiger partial charge on any atom is -0.386 e. The number of Topliss-reactive ketones (excluding diaryl/α,β-unsaturated/α-hetero) is 1. The van der Waals surface area contributed by atoms with Crippen molar-refractivity contribution < 1.29 is 19.1 Å². The molecular formula is C20H21Cl2FN2O3. The van der Waals surface area contributed by atoms with E-state index in [4.69, 9.17) is 23.2 Å². The number of amides is 1. The van der Waals surface area contributed by atoms with Crippen molar-refractivity contribution in [2.24, 2.45) is 0 Å². The summed E-state index contributed by atoms with van der Waals surface area (Å²) in [5.41, 5.74) is 3.02. The van der Waals surface area contributed by atoms with E-state index in [1.807, 2.05) is 12.1 Å². The number of aliphatic hydroxyl groups is 1. The van der Waals surface area contributed by atoms with Crippen LogP contribution in [0.25, 0.3) is 11.1 Å². The summed E-state index contributed by atoms with van der Waals surface area (Å²) in [7, 11) is 0. The van der Waals surface area contributed by atoms with E-state index >= 15 is 0 Å². The van der Waals surface area contributed by atoms with Crippen LogP contribution in [0.2, 0.25) is 0 Å². The number of rotatable bonds is 9. The van der Waals surface area contributed by atoms with Crippen molar-refractivity contribution in [1.29, 1.82) is 0 Å². The highest BCUT2D eigenvalue weighted by Crippen LogP contribution is 2.24. The molecule has 0 saturated heterocycles. The number of pyridine rings is 1. The number of halogens is 3. The van der Waals surface area contributed by atoms with E-state index in [1.165, 1.54) is 0 Å². The van der Waals surface area contributed by atoms with Gasteiger partial charge in [-0.1, -0.05) is 53.5 Å². The van der Waals surface area contributed by atoms with Crippen LogP contribution < -0.4 is 5.32 Å². The van der Waals surface area contributed by atoms with Gasteiger partial charge in [0, 0.05) is 23.9 Å². The van der Waals surface area contributed by atoms with E-state index < -0.39 is 29.6 Å². The van der Waals surface area contributed by atoms with Gasteiger partial charge < -0.3 is 15.2 Å². The van der Waals surface area contributed by atoms with Crippen molar-refractivity contribution >= 4 is 34.9 Å². The fourth-order valence-electron chi connectivity index (χ4n) is 2.60. The molecule has 2 atom stereocenters. The number of hydrogen-bond donors (Lipinski definition) is 2. The SMILES string of the molecule is CC(=O)CCc1ccc(-c2ccc([C@@H](O)[C@@H](CF)NC(=O)C(Cl)Cl)cc2)cn1. The largest absolute Gasteiger partial charge is 0.386 e. The molecule has 0 unspecified atom stereocenters. The first-order chi connectivity index (χ1) is 13.3. The molecule has 1 aromatic carbocycles. The van der Waals surface area contributed by atoms with Crippen molar-refractivity contribution in [3.05, 3.63) is 53.9 Å². The van der Waals surface area contributed by atoms with E-state index in [0.29, 0.717) is 18.4 Å². The van der Waals surface area contributed by atoms with E-state index in [-0.39, 0.29) is 5.78 Å². The number of hydrogen-bond acceptors (Lipinski definition) is 4. The van der Waals surface area contributed by atoms with Crippen LogP contribution >= 0.6 is 23.2 Å². The molecule has 5 nitrogen and oxygen atoms in total. The van der Waals surface area contributed by atoms with Gasteiger partial charge in [0.05, 0.1) is 6.04 Å². The average Bonchev–Trinajstić information content (AvgIpc) is 2.70. The molecule has 0 saturated carbocycles. The van der Waals surface area contributed by atoms with Crippen LogP contribution in [0.5, 0.6) is 0 Å². The third kappa shape index (κ3) is 6.26. The van der Waals surface area contributed by atoms with E-state index in [2.05, 4.69) is 10.3 Å². The second-order valence-corrected chi connectivity index (χ2v) is 7.47. The molecule has 8 heteroatoms. The Hall–Kier alpha value is -2.02. The third-order valence-corrected chi connectivity index (χ3v) is 4.61. The molecule has 28 heavy (non-hydrogen) atoms. The van der Waals surface area contributed by atoms with Crippen molar-refractivity contribution in [2.45, 2.75) is 36.7 Å². The Morgan fingerprint density at radius 1 is 1.14 bits per heavy atom. The smallest absolute Gasteiger partial charge is 0.253 e. The zero-order valence-electron chi connectivity index (χ0n) is 15.2. The van der Waals surface area contributed by atoms with Gasteiger partial charge in [0.15, 0.2) is 4.84 Å². The number of aromatic nitrogens is 1. The Balaban J connectivity index is 2.07. The van der Waals surface area contributed by atoms with Crippen molar-refractivity contribution in [3.8, 4) is 11.1 Å². The maximum Gasteiger partial charge on any atom is 0.253 e. The average molecular weight is 427 g/mol. The van der Waals surface area contributed by atoms with E-state index in [1.54, 1.807) is 37.4 Å². The van der Waals surface area contributed by atoms with Crippen LogP contribution in [-0.2, 0) is 16.0 Å². The van der Waals surface area contributed by atoms with Crippen LogP contribution in [0.3, 0.4) is 0 Å². The maximum atomic E-state index is 13.2. The van der Waals surface area contributed by atoms with Crippen LogP contribution in [0.4, 0.5) is 4.39 Å². The van der Waals surface area contributed by atoms with Crippen molar-refractivity contribution in [3.63, 3.8) is 0 Å². The highest BCUT2D eigenvalue weighted by Gasteiger charge is 2.25. The molecule has 0 aliphatic carbocycles. The molecule has 0 aliphatic heterocycles. The van der Waals surface area contributed by atoms with Crippen molar-refractivity contribution in [1.82, 2.24) is 10.3 Å². The summed E-state index contributed by atoms with van der Waals surface area (Å²) < 4.78 is 13.2. The zero-order valence-corrected chi connectivity index (χ0v) is 16.8. The molecule has 1 amide bonds. The Bertz CT molecular complexity index is 798. The number of ketones is 1. The predicted molar refractivity (Wildman–Crippen MR) is 107 cm³/mol. The summed E-state index contributed by atoms with van der Waals surface area (Å²) in [5, 5.41) is 12.6. The van der Waals surface area contributed by atoms with Crippen LogP contribution in [0.1, 0.15) is 30.7 Å². The predicted octanol–water partition coefficient (Wildman–Crippen LogP) is 3.56. The number of alkyl halides is 3. The molecule has 1 heterocycles. The summed E-state index contributed by atoms with van der Waals surface area (Å²) in [6, 6.07) is 9.46. The molecule has 2 rings (SSSR count). The van der Waals surface area contributed by atoms with Crippen LogP contribution in [0.15, 0.2) is 42.6 Å². The normalized spacial score (nSPS) is 13.2. The quantitative estimate of drug-likeness (QED) is 0.600. The van der Waals surface area contributed by atoms with E-state index in [0.717, 1.165) is 16.8 Å². The van der Waals surface area contributed by atoms with Crippen LogP contribution in [-0.4, -0.2) is 39.3 Å². The standard InChI is InChI=1S/C20H21Cl2FN2O3/c1-12(26)2-8-16-9-7-15(11-24-16)13-3-5-14(6-4-13)18(27)17(10-23)25-20(28)19(21)22/h3-7,9,11,17-19,27H,2,8,10H2,1H3,(H,25,28)/t17-,18-/m1/s1. The number of aryl methyl sites for hydroxylation is 1. The summed E-state index contributed by atoms with van der Waals surface area (Å²) in [5.74, 6) is -0.645. The lowest BCUT2D eigenvalue weighted by Crippen LogP contribution is -2.43. The molecule has 0 bridgehead atoms. The lowest BCUT2D eigenvalue weighted by molar-refractivity contribution is -0.121. The molecule has 0 aliphatic rings. The molecule has 1 aromatic heterocycles. The molecule has 2 N–H and O–H groups in total. The first-order valence-electron chi connectivity index (χ1n) is 8.69. The summed E-state index contributed by atoms with van der Waals surface area (Å²) in [6.07, 6.45) is 1.52. The Morgan fingerprint density at radius 3 is 2.29 bits per heavy atom. The van der Waals surface area contributed by atoms with Gasteiger partial charge in [-0.25, -0.2) is 4.39 Å². The molecule has 150 valence electrons. The zero-order chi connectivity index (χ0) is 20.7. The van der Waals surface area contributed by atoms with Gasteiger partial charge in [0.2, 0.25) is 0 Å². The van der Waals surface area contributed by atoms with Gasteiger partial charge in [-0.3, -0.25) is 9.78 Å². The second kappa shape index (κ2) is 10.5. The minimum atomic E-state index is -1.34. The van der Waals surface area contributed by atoms with Gasteiger partial charge in [-0.15, -0.1) is 0 Å². The number of carbonyl (C=O) groups excluding carboxylic acids is 2. The monoisotopic (exact) mass is 426 g/mol. The van der Waals surface area contributed by atoms with Gasteiger partial charge in [-0.05, 0) is 30.5 Å². The Morgan fingerprint density at radius 2 is 1.79 bits per heavy atom. The number of benzene rings is 1. The molecular weight excluding hydrogens is 406 g/mol. The topological polar surface area (TPSA) is 79.3 Å². The fraction of sp³-hybridized carbons (Fsp3) is 0.350. The van der Waals surface area contributed by atoms with Crippen molar-refractivity contribution in [2.75, 3.05) is 6.67 Å². The lowest BCUT2D eigenvalue weighted by atomic mass is 9.99. The first kappa shape index (κ1) is 22.3. The van der Waals surface area contributed by atoms with Crippen LogP contribution in [0, 0.1) is 0 Å².